The third kappa shape index (κ3) is 1.94. The zero-order chi connectivity index (χ0) is 12.8. The molecule has 2 aliphatic rings. The molecule has 0 heterocycles. The molecule has 0 heteroatoms. The van der Waals surface area contributed by atoms with Crippen LogP contribution in [0.15, 0.2) is 45.6 Å². The molecule has 0 spiro atoms. The Balaban J connectivity index is 2.32. The smallest absolute Gasteiger partial charge is 0.0111 e. The first-order valence-electron chi connectivity index (χ1n) is 6.58. The second-order valence-corrected chi connectivity index (χ2v) is 6.16. The van der Waals surface area contributed by atoms with Gasteiger partial charge in [0.1, 0.15) is 0 Å². The van der Waals surface area contributed by atoms with Gasteiger partial charge in [0, 0.05) is 5.41 Å². The molecule has 2 aliphatic carbocycles. The van der Waals surface area contributed by atoms with Crippen molar-refractivity contribution < 1.29 is 0 Å². The molecule has 17 heavy (non-hydrogen) atoms. The van der Waals surface area contributed by atoms with E-state index in [1.165, 1.54) is 22.3 Å². The second-order valence-electron chi connectivity index (χ2n) is 6.16. The van der Waals surface area contributed by atoms with Gasteiger partial charge in [0.05, 0.1) is 0 Å². The molecule has 0 aromatic heterocycles. The Morgan fingerprint density at radius 1 is 1.00 bits per heavy atom. The molecular weight excluding hydrogens is 204 g/mol. The topological polar surface area (TPSA) is 0 Å². The summed E-state index contributed by atoms with van der Waals surface area (Å²) in [6, 6.07) is 0. The van der Waals surface area contributed by atoms with Crippen LogP contribution in [0.3, 0.4) is 0 Å². The molecule has 2 rings (SSSR count). The number of hydrogen-bond donors (Lipinski definition) is 0. The van der Waals surface area contributed by atoms with E-state index in [1.54, 1.807) is 11.1 Å². The van der Waals surface area contributed by atoms with Crippen LogP contribution < -0.4 is 0 Å². The van der Waals surface area contributed by atoms with Gasteiger partial charge in [0.15, 0.2) is 0 Å². The normalized spacial score (nSPS) is 21.3. The van der Waals surface area contributed by atoms with Crippen molar-refractivity contribution in [1.29, 1.82) is 0 Å². The molecule has 0 N–H and O–H groups in total. The second kappa shape index (κ2) is 4.01. The van der Waals surface area contributed by atoms with Crippen LogP contribution >= 0.6 is 0 Å². The van der Waals surface area contributed by atoms with Crippen molar-refractivity contribution in [2.45, 2.75) is 54.4 Å². The summed E-state index contributed by atoms with van der Waals surface area (Å²) < 4.78 is 0. The summed E-state index contributed by atoms with van der Waals surface area (Å²) >= 11 is 0. The van der Waals surface area contributed by atoms with E-state index in [2.05, 4.69) is 53.7 Å². The molecule has 0 radical (unpaired) electrons. The summed E-state index contributed by atoms with van der Waals surface area (Å²) in [6.07, 6.45) is 7.12. The number of rotatable bonds is 2. The van der Waals surface area contributed by atoms with Crippen LogP contribution in [0, 0.1) is 5.41 Å². The van der Waals surface area contributed by atoms with Crippen molar-refractivity contribution in [1.82, 2.24) is 0 Å². The lowest BCUT2D eigenvalue weighted by molar-refractivity contribution is 0.535. The maximum absolute atomic E-state index is 2.43. The first-order valence-corrected chi connectivity index (χ1v) is 6.58. The monoisotopic (exact) mass is 228 g/mol. The molecule has 0 amide bonds. The molecule has 0 saturated carbocycles. The molecule has 0 saturated heterocycles. The van der Waals surface area contributed by atoms with Crippen molar-refractivity contribution in [3.63, 3.8) is 0 Å². The summed E-state index contributed by atoms with van der Waals surface area (Å²) in [5.41, 5.74) is 9.36. The molecule has 0 atom stereocenters. The highest BCUT2D eigenvalue weighted by Gasteiger charge is 2.32. The Morgan fingerprint density at radius 3 is 2.06 bits per heavy atom. The largest absolute Gasteiger partial charge is 0.0761 e. The maximum Gasteiger partial charge on any atom is 0.0111 e. The zero-order valence-corrected chi connectivity index (χ0v) is 12.1. The number of hydrogen-bond acceptors (Lipinski definition) is 0. The molecule has 92 valence electrons. The molecule has 0 unspecified atom stereocenters. The highest BCUT2D eigenvalue weighted by atomic mass is 14.4. The molecule has 0 aliphatic heterocycles. The molecule has 0 fully saturated rings. The van der Waals surface area contributed by atoms with E-state index >= 15 is 0 Å². The van der Waals surface area contributed by atoms with Crippen molar-refractivity contribution >= 4 is 0 Å². The van der Waals surface area contributed by atoms with Gasteiger partial charge in [0.2, 0.25) is 0 Å². The van der Waals surface area contributed by atoms with E-state index in [0.29, 0.717) is 0 Å². The van der Waals surface area contributed by atoms with Crippen molar-refractivity contribution in [2.75, 3.05) is 0 Å². The number of allylic oxidation sites excluding steroid dienone is 8. The predicted octanol–water partition coefficient (Wildman–Crippen LogP) is 5.35. The van der Waals surface area contributed by atoms with Gasteiger partial charge >= 0.3 is 0 Å². The highest BCUT2D eigenvalue weighted by Crippen LogP contribution is 2.47. The Morgan fingerprint density at radius 2 is 1.65 bits per heavy atom. The van der Waals surface area contributed by atoms with Crippen LogP contribution in [-0.4, -0.2) is 0 Å². The van der Waals surface area contributed by atoms with E-state index < -0.39 is 0 Å². The minimum absolute atomic E-state index is 0.195. The van der Waals surface area contributed by atoms with Gasteiger partial charge in [-0.2, -0.15) is 0 Å². The summed E-state index contributed by atoms with van der Waals surface area (Å²) in [7, 11) is 0. The summed E-state index contributed by atoms with van der Waals surface area (Å²) in [5, 5.41) is 0. The van der Waals surface area contributed by atoms with Crippen LogP contribution in [0.5, 0.6) is 0 Å². The lowest BCUT2D eigenvalue weighted by atomic mass is 9.74. The molecule has 0 nitrogen and oxygen atoms in total. The third-order valence-electron chi connectivity index (χ3n) is 4.65. The fourth-order valence-electron chi connectivity index (χ4n) is 2.95. The van der Waals surface area contributed by atoms with E-state index in [9.17, 15) is 0 Å². The van der Waals surface area contributed by atoms with Crippen LogP contribution in [0.1, 0.15) is 54.4 Å². The van der Waals surface area contributed by atoms with Crippen LogP contribution in [0.25, 0.3) is 0 Å². The van der Waals surface area contributed by atoms with Gasteiger partial charge in [-0.3, -0.25) is 0 Å². The minimum atomic E-state index is 0.195. The van der Waals surface area contributed by atoms with Gasteiger partial charge in [0.25, 0.3) is 0 Å². The lowest BCUT2D eigenvalue weighted by Crippen LogP contribution is -2.17. The molecule has 0 bridgehead atoms. The summed E-state index contributed by atoms with van der Waals surface area (Å²) in [5.74, 6) is 0. The van der Waals surface area contributed by atoms with E-state index in [1.807, 2.05) is 0 Å². The lowest BCUT2D eigenvalue weighted by Gasteiger charge is -2.30. The Labute approximate surface area is 106 Å². The van der Waals surface area contributed by atoms with Gasteiger partial charge in [-0.1, -0.05) is 48.3 Å². The summed E-state index contributed by atoms with van der Waals surface area (Å²) in [6.45, 7) is 13.8. The van der Waals surface area contributed by atoms with E-state index in [0.717, 1.165) is 12.8 Å². The highest BCUT2D eigenvalue weighted by molar-refractivity contribution is 5.51. The standard InChI is InChI=1S/C17H24/c1-11-7-8-16(14(11)4)17(5,6)15-9-12(2)13(3)10-15/h8-9H,7,10H2,1-6H3. The zero-order valence-electron chi connectivity index (χ0n) is 12.1. The Kier molecular flexibility index (Phi) is 2.93. The van der Waals surface area contributed by atoms with Crippen LogP contribution in [0.4, 0.5) is 0 Å². The fraction of sp³-hybridized carbons (Fsp3) is 0.529. The van der Waals surface area contributed by atoms with Gasteiger partial charge < -0.3 is 0 Å². The van der Waals surface area contributed by atoms with E-state index in [-0.39, 0.29) is 5.41 Å². The van der Waals surface area contributed by atoms with Crippen molar-refractivity contribution in [3.05, 3.63) is 45.6 Å². The molecular formula is C17H24. The van der Waals surface area contributed by atoms with E-state index in [4.69, 9.17) is 0 Å². The SMILES string of the molecule is CC1=C(C)CC(C(C)(C)C2=CCC(C)=C2C)=C1. The minimum Gasteiger partial charge on any atom is -0.0761 e. The fourth-order valence-corrected chi connectivity index (χ4v) is 2.95. The maximum atomic E-state index is 2.43. The Bertz CT molecular complexity index is 476. The average molecular weight is 228 g/mol. The quantitative estimate of drug-likeness (QED) is 0.598. The summed E-state index contributed by atoms with van der Waals surface area (Å²) in [4.78, 5) is 0. The first-order chi connectivity index (χ1) is 7.84. The van der Waals surface area contributed by atoms with Crippen molar-refractivity contribution in [2.24, 2.45) is 5.41 Å². The predicted molar refractivity (Wildman–Crippen MR) is 75.9 cm³/mol. The van der Waals surface area contributed by atoms with Gasteiger partial charge in [-0.15, -0.1) is 0 Å². The molecule has 0 aromatic rings. The van der Waals surface area contributed by atoms with Crippen LogP contribution in [-0.2, 0) is 0 Å². The van der Waals surface area contributed by atoms with Crippen molar-refractivity contribution in [3.8, 4) is 0 Å². The van der Waals surface area contributed by atoms with Gasteiger partial charge in [-0.05, 0) is 51.7 Å². The Hall–Kier alpha value is -1.04. The third-order valence-corrected chi connectivity index (χ3v) is 4.65. The average Bonchev–Trinajstić information content (AvgIpc) is 2.74. The first kappa shape index (κ1) is 12.4. The van der Waals surface area contributed by atoms with Gasteiger partial charge in [-0.25, -0.2) is 0 Å². The van der Waals surface area contributed by atoms with Crippen LogP contribution in [0.2, 0.25) is 0 Å². The molecule has 0 aromatic carbocycles.